The van der Waals surface area contributed by atoms with Gasteiger partial charge in [-0.25, -0.2) is 18.4 Å². The molecule has 0 aliphatic carbocycles. The first kappa shape index (κ1) is 21.9. The Bertz CT molecular complexity index is 1210. The molecule has 32 heavy (non-hydrogen) atoms. The van der Waals surface area contributed by atoms with E-state index in [9.17, 15) is 13.2 Å². The number of amides is 1. The van der Waals surface area contributed by atoms with Crippen LogP contribution in [0.2, 0.25) is 0 Å². The Labute approximate surface area is 187 Å². The highest BCUT2D eigenvalue weighted by Gasteiger charge is 2.27. The van der Waals surface area contributed by atoms with Crippen molar-refractivity contribution in [1.82, 2.24) is 19.2 Å². The lowest BCUT2D eigenvalue weighted by atomic mass is 10.1. The molecule has 9 nitrogen and oxygen atoms in total. The minimum absolute atomic E-state index is 0.271. The molecule has 1 fully saturated rings. The lowest BCUT2D eigenvalue weighted by Crippen LogP contribution is -2.46. The lowest BCUT2D eigenvalue weighted by Gasteiger charge is -2.31. The zero-order chi connectivity index (χ0) is 22.7. The number of carbonyl (C=O) groups is 1. The zero-order valence-electron chi connectivity index (χ0n) is 17.6. The van der Waals surface area contributed by atoms with Crippen molar-refractivity contribution in [2.75, 3.05) is 38.5 Å². The van der Waals surface area contributed by atoms with Crippen LogP contribution in [0.5, 0.6) is 0 Å². The minimum atomic E-state index is -3.51. The van der Waals surface area contributed by atoms with Crippen LogP contribution in [-0.4, -0.2) is 66.7 Å². The number of benzene rings is 2. The van der Waals surface area contributed by atoms with Crippen LogP contribution in [0.4, 0.5) is 11.6 Å². The topological polar surface area (TPSA) is 122 Å². The molecular weight excluding hydrogens is 428 g/mol. The van der Waals surface area contributed by atoms with Crippen LogP contribution >= 0.6 is 0 Å². The van der Waals surface area contributed by atoms with Crippen molar-refractivity contribution < 1.29 is 13.2 Å². The van der Waals surface area contributed by atoms with E-state index in [1.807, 2.05) is 7.05 Å². The van der Waals surface area contributed by atoms with Gasteiger partial charge in [0.15, 0.2) is 0 Å². The molecule has 1 aliphatic rings. The van der Waals surface area contributed by atoms with Crippen LogP contribution in [0.1, 0.15) is 10.4 Å². The fourth-order valence-electron chi connectivity index (χ4n) is 3.40. The number of nitrogens with one attached hydrogen (secondary N) is 1. The van der Waals surface area contributed by atoms with Gasteiger partial charge in [0.25, 0.3) is 0 Å². The third kappa shape index (κ3) is 4.77. The average Bonchev–Trinajstić information content (AvgIpc) is 2.80. The monoisotopic (exact) mass is 452 g/mol. The molecule has 1 amide bonds. The SMILES string of the molecule is CN1CCN(S(=O)(=O)c2ccc(-c3ccnc(Nc4ccc(C(N)=O)cc4)n3)cc2)CC1. The van der Waals surface area contributed by atoms with E-state index in [1.165, 1.54) is 4.31 Å². The number of carbonyl (C=O) groups excluding carboxylic acids is 1. The molecule has 3 aromatic rings. The highest BCUT2D eigenvalue weighted by Crippen LogP contribution is 2.23. The van der Waals surface area contributed by atoms with Gasteiger partial charge in [-0.3, -0.25) is 4.79 Å². The fourth-order valence-corrected chi connectivity index (χ4v) is 4.82. The molecule has 4 rings (SSSR count). The van der Waals surface area contributed by atoms with Crippen molar-refractivity contribution >= 4 is 27.6 Å². The summed E-state index contributed by atoms with van der Waals surface area (Å²) in [6.07, 6.45) is 1.62. The van der Waals surface area contributed by atoms with Gasteiger partial charge >= 0.3 is 0 Å². The van der Waals surface area contributed by atoms with Crippen LogP contribution in [0, 0.1) is 0 Å². The van der Waals surface area contributed by atoms with E-state index in [0.717, 1.165) is 18.7 Å². The van der Waals surface area contributed by atoms with Gasteiger partial charge in [-0.1, -0.05) is 12.1 Å². The highest BCUT2D eigenvalue weighted by atomic mass is 32.2. The molecule has 1 aromatic heterocycles. The number of anilines is 2. The van der Waals surface area contributed by atoms with Gasteiger partial charge in [0.2, 0.25) is 21.9 Å². The summed E-state index contributed by atoms with van der Waals surface area (Å²) < 4.78 is 27.3. The van der Waals surface area contributed by atoms with E-state index in [0.29, 0.717) is 36.0 Å². The van der Waals surface area contributed by atoms with E-state index < -0.39 is 15.9 Å². The van der Waals surface area contributed by atoms with Crippen molar-refractivity contribution in [2.24, 2.45) is 5.73 Å². The van der Waals surface area contributed by atoms with E-state index in [1.54, 1.807) is 60.8 Å². The largest absolute Gasteiger partial charge is 0.366 e. The summed E-state index contributed by atoms with van der Waals surface area (Å²) in [6.45, 7) is 2.42. The lowest BCUT2D eigenvalue weighted by molar-refractivity contribution is 0.100. The summed E-state index contributed by atoms with van der Waals surface area (Å²) in [7, 11) is -1.53. The number of nitrogens with two attached hydrogens (primary N) is 1. The highest BCUT2D eigenvalue weighted by molar-refractivity contribution is 7.89. The smallest absolute Gasteiger partial charge is 0.248 e. The van der Waals surface area contributed by atoms with Gasteiger partial charge in [0, 0.05) is 49.2 Å². The summed E-state index contributed by atoms with van der Waals surface area (Å²) in [5.74, 6) is -0.114. The number of rotatable bonds is 6. The van der Waals surface area contributed by atoms with Crippen molar-refractivity contribution in [3.8, 4) is 11.3 Å². The molecule has 0 bridgehead atoms. The molecule has 10 heteroatoms. The number of hydrogen-bond acceptors (Lipinski definition) is 7. The quantitative estimate of drug-likeness (QED) is 0.586. The first-order valence-corrected chi connectivity index (χ1v) is 11.6. The standard InChI is InChI=1S/C22H24N6O3S/c1-27-12-14-28(15-13-27)32(30,31)19-8-4-16(5-9-19)20-10-11-24-22(26-20)25-18-6-2-17(3-7-18)21(23)29/h2-11H,12-15H2,1H3,(H2,23,29)(H,24,25,26). The van der Waals surface area contributed by atoms with Gasteiger partial charge in [0.05, 0.1) is 10.6 Å². The Morgan fingerprint density at radius 1 is 0.969 bits per heavy atom. The molecule has 0 atom stereocenters. The van der Waals surface area contributed by atoms with Crippen LogP contribution in [-0.2, 0) is 10.0 Å². The maximum absolute atomic E-state index is 12.9. The summed E-state index contributed by atoms with van der Waals surface area (Å²) in [5, 5.41) is 3.08. The van der Waals surface area contributed by atoms with Gasteiger partial charge in [0.1, 0.15) is 0 Å². The second kappa shape index (κ2) is 9.03. The second-order valence-electron chi connectivity index (χ2n) is 7.56. The van der Waals surface area contributed by atoms with Crippen LogP contribution in [0.25, 0.3) is 11.3 Å². The number of nitrogens with zero attached hydrogens (tertiary/aromatic N) is 4. The van der Waals surface area contributed by atoms with Crippen molar-refractivity contribution in [3.63, 3.8) is 0 Å². The molecule has 0 unspecified atom stereocenters. The first-order valence-electron chi connectivity index (χ1n) is 10.1. The molecule has 0 saturated carbocycles. The summed E-state index contributed by atoms with van der Waals surface area (Å²) in [6, 6.07) is 15.1. The number of primary amides is 1. The number of likely N-dealkylation sites (N-methyl/N-ethyl adjacent to an activating group) is 1. The maximum Gasteiger partial charge on any atom is 0.248 e. The minimum Gasteiger partial charge on any atom is -0.366 e. The van der Waals surface area contributed by atoms with Gasteiger partial charge in [-0.2, -0.15) is 4.31 Å². The van der Waals surface area contributed by atoms with Crippen LogP contribution in [0.3, 0.4) is 0 Å². The predicted octanol–water partition coefficient (Wildman–Crippen LogP) is 1.92. The fraction of sp³-hybridized carbons (Fsp3) is 0.227. The summed E-state index contributed by atoms with van der Waals surface area (Å²) in [4.78, 5) is 22.3. The molecule has 166 valence electrons. The number of sulfonamides is 1. The van der Waals surface area contributed by atoms with Gasteiger partial charge in [-0.05, 0) is 49.5 Å². The molecule has 2 aromatic carbocycles. The Hall–Kier alpha value is -3.34. The molecule has 1 aliphatic heterocycles. The second-order valence-corrected chi connectivity index (χ2v) is 9.50. The van der Waals surface area contributed by atoms with Crippen molar-refractivity contribution in [1.29, 1.82) is 0 Å². The Kier molecular flexibility index (Phi) is 6.17. The van der Waals surface area contributed by atoms with Crippen molar-refractivity contribution in [2.45, 2.75) is 4.90 Å². The molecule has 3 N–H and O–H groups in total. The number of piperazine rings is 1. The number of hydrogen-bond donors (Lipinski definition) is 2. The first-order chi connectivity index (χ1) is 15.3. The van der Waals surface area contributed by atoms with E-state index in [4.69, 9.17) is 5.73 Å². The molecular formula is C22H24N6O3S. The molecule has 0 radical (unpaired) electrons. The Balaban J connectivity index is 1.50. The third-order valence-electron chi connectivity index (χ3n) is 5.33. The summed E-state index contributed by atoms with van der Waals surface area (Å²) >= 11 is 0. The van der Waals surface area contributed by atoms with Crippen LogP contribution in [0.15, 0.2) is 65.7 Å². The van der Waals surface area contributed by atoms with E-state index in [2.05, 4.69) is 20.2 Å². The normalized spacial score (nSPS) is 15.4. The molecule has 1 saturated heterocycles. The Morgan fingerprint density at radius 3 is 2.25 bits per heavy atom. The molecule has 0 spiro atoms. The van der Waals surface area contributed by atoms with Crippen molar-refractivity contribution in [3.05, 3.63) is 66.4 Å². The Morgan fingerprint density at radius 2 is 1.62 bits per heavy atom. The zero-order valence-corrected chi connectivity index (χ0v) is 18.4. The maximum atomic E-state index is 12.9. The van der Waals surface area contributed by atoms with E-state index in [-0.39, 0.29) is 4.90 Å². The van der Waals surface area contributed by atoms with E-state index >= 15 is 0 Å². The van der Waals surface area contributed by atoms with Gasteiger partial charge < -0.3 is 16.0 Å². The molecule has 2 heterocycles. The van der Waals surface area contributed by atoms with Gasteiger partial charge in [-0.15, -0.1) is 0 Å². The third-order valence-corrected chi connectivity index (χ3v) is 7.24. The number of aromatic nitrogens is 2. The summed E-state index contributed by atoms with van der Waals surface area (Å²) in [5.41, 5.74) is 7.81. The van der Waals surface area contributed by atoms with Crippen LogP contribution < -0.4 is 11.1 Å². The predicted molar refractivity (Wildman–Crippen MR) is 122 cm³/mol. The average molecular weight is 453 g/mol.